The van der Waals surface area contributed by atoms with E-state index in [9.17, 15) is 13.2 Å². The molecule has 0 unspecified atom stereocenters. The van der Waals surface area contributed by atoms with Crippen LogP contribution in [0.15, 0.2) is 12.2 Å². The monoisotopic (exact) mass is 248 g/mol. The second kappa shape index (κ2) is 7.97. The molecule has 0 fully saturated rings. The summed E-state index contributed by atoms with van der Waals surface area (Å²) in [6, 6.07) is 0. The molecule has 0 aromatic heterocycles. The number of hydrogen-bond acceptors (Lipinski definition) is 4. The average Bonchev–Trinajstić information content (AvgIpc) is 1.95. The first-order valence-electron chi connectivity index (χ1n) is 3.61. The van der Waals surface area contributed by atoms with Crippen LogP contribution < -0.4 is 0 Å². The van der Waals surface area contributed by atoms with Crippen LogP contribution in [0.4, 0.5) is 0 Å². The number of rotatable bonds is 5. The van der Waals surface area contributed by atoms with Gasteiger partial charge in [0, 0.05) is 5.57 Å². The predicted octanol–water partition coefficient (Wildman–Crippen LogP) is -0.265. The molecule has 0 spiro atoms. The van der Waals surface area contributed by atoms with Gasteiger partial charge < -0.3 is 4.74 Å². The zero-order valence-electron chi connectivity index (χ0n) is 7.32. The molecule has 0 aromatic carbocycles. The van der Waals surface area contributed by atoms with Crippen LogP contribution in [-0.2, 0) is 19.6 Å². The summed E-state index contributed by atoms with van der Waals surface area (Å²) in [6.45, 7) is 4.80. The third-order valence-corrected chi connectivity index (χ3v) is 1.93. The van der Waals surface area contributed by atoms with E-state index in [0.717, 1.165) is 0 Å². The van der Waals surface area contributed by atoms with Gasteiger partial charge in [0.2, 0.25) is 0 Å². The van der Waals surface area contributed by atoms with Gasteiger partial charge in [-0.2, -0.15) is 8.42 Å². The molecule has 0 saturated carbocycles. The summed E-state index contributed by atoms with van der Waals surface area (Å²) in [7, 11) is -3.96. The van der Waals surface area contributed by atoms with E-state index in [-0.39, 0.29) is 70.0 Å². The summed E-state index contributed by atoms with van der Waals surface area (Å²) in [5.74, 6) is -0.966. The van der Waals surface area contributed by atoms with Crippen LogP contribution in [0.2, 0.25) is 0 Å². The zero-order chi connectivity index (χ0) is 10.5. The van der Waals surface area contributed by atoms with Crippen molar-refractivity contribution in [1.82, 2.24) is 0 Å². The maximum atomic E-state index is 10.7. The zero-order valence-corrected chi connectivity index (χ0v) is 8.13. The van der Waals surface area contributed by atoms with Crippen LogP contribution in [0, 0.1) is 0 Å². The van der Waals surface area contributed by atoms with Crippen molar-refractivity contribution in [2.75, 3.05) is 12.4 Å². The van der Waals surface area contributed by atoms with Crippen molar-refractivity contribution in [2.24, 2.45) is 0 Å². The molecule has 0 saturated heterocycles. The number of esters is 1. The van der Waals surface area contributed by atoms with E-state index >= 15 is 0 Å². The van der Waals surface area contributed by atoms with E-state index in [4.69, 9.17) is 4.55 Å². The Morgan fingerprint density at radius 1 is 1.50 bits per heavy atom. The normalized spacial score (nSPS) is 10.1. The van der Waals surface area contributed by atoms with Gasteiger partial charge in [0.05, 0.1) is 12.4 Å². The maximum absolute atomic E-state index is 10.7. The van der Waals surface area contributed by atoms with E-state index in [1.807, 2.05) is 0 Å². The molecule has 0 radical (unpaired) electrons. The van der Waals surface area contributed by atoms with Crippen molar-refractivity contribution < 1.29 is 22.5 Å². The number of carbonyl (C=O) groups excluding carboxylic acids is 1. The van der Waals surface area contributed by atoms with Crippen molar-refractivity contribution in [3.05, 3.63) is 12.2 Å². The molecular weight excluding hydrogens is 235 g/mol. The summed E-state index contributed by atoms with van der Waals surface area (Å²) in [4.78, 5) is 10.7. The van der Waals surface area contributed by atoms with Gasteiger partial charge in [-0.15, -0.1) is 0 Å². The number of carbonyl (C=O) groups is 1. The Kier molecular flexibility index (Phi) is 9.77. The van der Waals surface area contributed by atoms with Gasteiger partial charge in [-0.1, -0.05) is 6.58 Å². The topological polar surface area (TPSA) is 80.7 Å². The van der Waals surface area contributed by atoms with Crippen LogP contribution in [0.5, 0.6) is 0 Å². The molecule has 0 aliphatic carbocycles. The van der Waals surface area contributed by atoms with E-state index < -0.39 is 21.8 Å². The Bertz CT molecular complexity index is 295. The summed E-state index contributed by atoms with van der Waals surface area (Å²) in [6.07, 6.45) is 0.0812. The second-order valence-corrected chi connectivity index (χ2v) is 4.13. The van der Waals surface area contributed by atoms with Gasteiger partial charge in [0.1, 0.15) is 0 Å². The van der Waals surface area contributed by atoms with Crippen LogP contribution in [-0.4, -0.2) is 82.7 Å². The van der Waals surface area contributed by atoms with Crippen molar-refractivity contribution in [3.8, 4) is 0 Å². The fourth-order valence-electron chi connectivity index (χ4n) is 0.529. The molecule has 0 rings (SSSR count). The molecule has 0 amide bonds. The standard InChI is InChI=1S/C7H12O5S.K.H/c1-6(2)7(8)12-4-3-5-13(9,10)11;;/h1,3-5H2,2H3,(H,9,10,11);;. The first kappa shape index (κ1) is 17.2. The van der Waals surface area contributed by atoms with Crippen molar-refractivity contribution in [1.29, 1.82) is 0 Å². The number of ether oxygens (including phenoxy) is 1. The van der Waals surface area contributed by atoms with E-state index in [2.05, 4.69) is 11.3 Å². The molecule has 0 atom stereocenters. The molecule has 1 N–H and O–H groups in total. The molecule has 0 heterocycles. The van der Waals surface area contributed by atoms with Gasteiger partial charge in [-0.25, -0.2) is 4.79 Å². The van der Waals surface area contributed by atoms with Crippen molar-refractivity contribution in [3.63, 3.8) is 0 Å². The van der Waals surface area contributed by atoms with Crippen LogP contribution in [0.3, 0.4) is 0 Å². The minimum atomic E-state index is -3.96. The third-order valence-electron chi connectivity index (χ3n) is 1.13. The Morgan fingerprint density at radius 3 is 2.36 bits per heavy atom. The second-order valence-electron chi connectivity index (χ2n) is 2.56. The fraction of sp³-hybridized carbons (Fsp3) is 0.571. The first-order valence-corrected chi connectivity index (χ1v) is 5.21. The molecular formula is C7H13KO5S. The average molecular weight is 248 g/mol. The van der Waals surface area contributed by atoms with E-state index in [1.165, 1.54) is 6.92 Å². The molecule has 5 nitrogen and oxygen atoms in total. The predicted molar refractivity (Wildman–Crippen MR) is 54.0 cm³/mol. The van der Waals surface area contributed by atoms with Gasteiger partial charge in [0.25, 0.3) is 10.1 Å². The van der Waals surface area contributed by atoms with Gasteiger partial charge >= 0.3 is 57.4 Å². The molecule has 14 heavy (non-hydrogen) atoms. The van der Waals surface area contributed by atoms with Crippen LogP contribution >= 0.6 is 0 Å². The first-order chi connectivity index (χ1) is 5.83. The Morgan fingerprint density at radius 2 is 2.00 bits per heavy atom. The van der Waals surface area contributed by atoms with Crippen LogP contribution in [0.25, 0.3) is 0 Å². The van der Waals surface area contributed by atoms with Crippen LogP contribution in [0.1, 0.15) is 13.3 Å². The van der Waals surface area contributed by atoms with Gasteiger partial charge in [-0.05, 0) is 13.3 Å². The third kappa shape index (κ3) is 10.8. The Balaban J connectivity index is 0. The van der Waals surface area contributed by atoms with Crippen molar-refractivity contribution >= 4 is 67.5 Å². The summed E-state index contributed by atoms with van der Waals surface area (Å²) in [5, 5.41) is 0. The van der Waals surface area contributed by atoms with E-state index in [1.54, 1.807) is 0 Å². The SMILES string of the molecule is C=C(C)C(=O)OCCCS(=O)(=O)O.[KH]. The summed E-state index contributed by atoms with van der Waals surface area (Å²) < 4.78 is 33.3. The van der Waals surface area contributed by atoms with E-state index in [0.29, 0.717) is 0 Å². The number of hydrogen-bond donors (Lipinski definition) is 1. The Labute approximate surface area is 126 Å². The molecule has 7 heteroatoms. The minimum absolute atomic E-state index is 0. The quantitative estimate of drug-likeness (QED) is 0.238. The molecule has 78 valence electrons. The summed E-state index contributed by atoms with van der Waals surface area (Å²) in [5.41, 5.74) is 0.256. The Hall–Kier alpha value is 0.756. The molecule has 0 aromatic rings. The molecule has 0 aliphatic rings. The van der Waals surface area contributed by atoms with Gasteiger partial charge in [0.15, 0.2) is 0 Å². The fourth-order valence-corrected chi connectivity index (χ4v) is 1.01. The molecule has 0 bridgehead atoms. The summed E-state index contributed by atoms with van der Waals surface area (Å²) >= 11 is 0. The van der Waals surface area contributed by atoms with Gasteiger partial charge in [-0.3, -0.25) is 4.55 Å². The van der Waals surface area contributed by atoms with Crippen molar-refractivity contribution in [2.45, 2.75) is 13.3 Å². The molecule has 0 aliphatic heterocycles.